The van der Waals surface area contributed by atoms with Crippen molar-refractivity contribution in [2.75, 3.05) is 0 Å². The van der Waals surface area contributed by atoms with Gasteiger partial charge in [-0.15, -0.1) is 0 Å². The molecule has 0 spiro atoms. The lowest BCUT2D eigenvalue weighted by Crippen LogP contribution is -2.18. The first-order valence-electron chi connectivity index (χ1n) is 1.77. The van der Waals surface area contributed by atoms with Gasteiger partial charge in [-0.25, -0.2) is 0 Å². The van der Waals surface area contributed by atoms with Gasteiger partial charge in [-0.05, 0) is 0 Å². The summed E-state index contributed by atoms with van der Waals surface area (Å²) in [6.07, 6.45) is 0. The summed E-state index contributed by atoms with van der Waals surface area (Å²) in [6, 6.07) is 0. The molecule has 0 saturated carbocycles. The summed E-state index contributed by atoms with van der Waals surface area (Å²) in [7, 11) is 0. The van der Waals surface area contributed by atoms with E-state index in [1.807, 2.05) is 5.43 Å². The van der Waals surface area contributed by atoms with Gasteiger partial charge in [0.05, 0.1) is 5.22 Å². The topological polar surface area (TPSA) is 90.2 Å². The number of carbonyl (C=O) groups excluding carboxylic acids is 1. The van der Waals surface area contributed by atoms with Gasteiger partial charge >= 0.3 is 11.7 Å². The van der Waals surface area contributed by atoms with Crippen LogP contribution in [0.15, 0.2) is 10.3 Å². The Kier molecular flexibility index (Phi) is 0.870. The predicted molar refractivity (Wildman–Crippen MR) is 21.6 cm³/mol. The normalized spacial score (nSPS) is 16.0. The molecule has 0 aromatic carbocycles. The van der Waals surface area contributed by atoms with Crippen LogP contribution in [-0.2, 0) is 4.79 Å². The summed E-state index contributed by atoms with van der Waals surface area (Å²) >= 11 is 0. The summed E-state index contributed by atoms with van der Waals surface area (Å²) in [5.74, 6) is -0.905. The molecule has 0 radical (unpaired) electrons. The van der Waals surface area contributed by atoms with E-state index >= 15 is 0 Å². The maximum atomic E-state index is 10.2. The molecule has 0 saturated heterocycles. The van der Waals surface area contributed by atoms with Crippen LogP contribution in [0.1, 0.15) is 0 Å². The Hall–Kier alpha value is -1.55. The minimum atomic E-state index is -0.590. The molecule has 0 bridgehead atoms. The number of hydrogen-bond donors (Lipinski definition) is 1. The molecular weight excluding hydrogens is 110 g/mol. The lowest BCUT2D eigenvalue weighted by Gasteiger charge is -1.69. The van der Waals surface area contributed by atoms with Crippen LogP contribution in [0, 0.1) is 0 Å². The van der Waals surface area contributed by atoms with Crippen molar-refractivity contribution in [2.45, 2.75) is 0 Å². The van der Waals surface area contributed by atoms with Crippen molar-refractivity contribution in [3.63, 3.8) is 0 Å². The van der Waals surface area contributed by atoms with E-state index in [-0.39, 0.29) is 5.84 Å². The van der Waals surface area contributed by atoms with Gasteiger partial charge < -0.3 is 5.53 Å². The predicted octanol–water partition coefficient (Wildman–Crippen LogP) is -0.888. The van der Waals surface area contributed by atoms with Crippen molar-refractivity contribution < 1.29 is 9.58 Å². The van der Waals surface area contributed by atoms with Gasteiger partial charge in [0.1, 0.15) is 5.11 Å². The molecule has 1 rings (SSSR count). The molecule has 1 aliphatic rings. The standard InChI is InChI=1S/C2HN5O/c3-4-1-2(8)6-7-5-1/h(H,5,6,8). The number of carbonyl (C=O) groups is 1. The highest BCUT2D eigenvalue weighted by Crippen LogP contribution is 1.84. The fraction of sp³-hybridized carbons (Fsp3) is 0. The zero-order valence-corrected chi connectivity index (χ0v) is 3.70. The summed E-state index contributed by atoms with van der Waals surface area (Å²) < 4.78 is 0. The highest BCUT2D eigenvalue weighted by atomic mass is 16.2. The number of hydrogen-bond acceptors (Lipinski definition) is 2. The number of rotatable bonds is 0. The Bertz CT molecular complexity index is 198. The smallest absolute Gasteiger partial charge is 0.495 e. The second-order valence-electron chi connectivity index (χ2n) is 1.06. The third-order valence-electron chi connectivity index (χ3n) is 0.594. The van der Waals surface area contributed by atoms with E-state index < -0.39 is 5.91 Å². The van der Waals surface area contributed by atoms with Gasteiger partial charge in [0.2, 0.25) is 0 Å². The van der Waals surface area contributed by atoms with Crippen LogP contribution < -0.4 is 5.43 Å². The molecule has 1 heterocycles. The van der Waals surface area contributed by atoms with Crippen molar-refractivity contribution in [2.24, 2.45) is 10.3 Å². The van der Waals surface area contributed by atoms with Gasteiger partial charge in [0.15, 0.2) is 0 Å². The van der Waals surface area contributed by atoms with Crippen molar-refractivity contribution in [1.82, 2.24) is 5.43 Å². The zero-order chi connectivity index (χ0) is 5.98. The molecule has 6 heteroatoms. The summed E-state index contributed by atoms with van der Waals surface area (Å²) in [5.41, 5.74) is 9.86. The van der Waals surface area contributed by atoms with E-state index in [9.17, 15) is 4.79 Å². The molecular formula is C2HN5O. The molecule has 6 nitrogen and oxygen atoms in total. The van der Waals surface area contributed by atoms with Crippen LogP contribution >= 0.6 is 0 Å². The van der Waals surface area contributed by atoms with Crippen LogP contribution in [0.4, 0.5) is 0 Å². The monoisotopic (exact) mass is 111 g/mol. The molecule has 0 aromatic heterocycles. The third-order valence-corrected chi connectivity index (χ3v) is 0.594. The van der Waals surface area contributed by atoms with Crippen LogP contribution in [0.25, 0.3) is 5.53 Å². The summed E-state index contributed by atoms with van der Waals surface area (Å²) in [6.45, 7) is 0. The zero-order valence-electron chi connectivity index (χ0n) is 3.70. The molecule has 0 aromatic rings. The fourth-order valence-electron chi connectivity index (χ4n) is 0.279. The molecule has 1 amide bonds. The number of nitrogens with zero attached hydrogens (tertiary/aromatic N) is 4. The summed E-state index contributed by atoms with van der Waals surface area (Å²) in [5, 5.41) is 6.15. The first-order valence-corrected chi connectivity index (χ1v) is 1.77. The SMILES string of the molecule is [N-]=[N+]=C1N=NNC1=O. The van der Waals surface area contributed by atoms with E-state index in [2.05, 4.69) is 15.1 Å². The first-order chi connectivity index (χ1) is 3.84. The van der Waals surface area contributed by atoms with Gasteiger partial charge in [0.25, 0.3) is 0 Å². The van der Waals surface area contributed by atoms with E-state index in [0.717, 1.165) is 0 Å². The molecule has 0 atom stereocenters. The highest BCUT2D eigenvalue weighted by Gasteiger charge is 2.26. The fourth-order valence-corrected chi connectivity index (χ4v) is 0.279. The number of nitrogens with one attached hydrogen (secondary N) is 1. The van der Waals surface area contributed by atoms with Crippen molar-refractivity contribution in [3.8, 4) is 0 Å². The van der Waals surface area contributed by atoms with Crippen LogP contribution in [0.5, 0.6) is 0 Å². The average Bonchev–Trinajstić information content (AvgIpc) is 2.14. The Morgan fingerprint density at radius 2 is 2.50 bits per heavy atom. The highest BCUT2D eigenvalue weighted by molar-refractivity contribution is 6.36. The molecule has 8 heavy (non-hydrogen) atoms. The molecule has 1 N–H and O–H groups in total. The van der Waals surface area contributed by atoms with Gasteiger partial charge in [-0.1, -0.05) is 0 Å². The molecule has 0 aliphatic carbocycles. The second kappa shape index (κ2) is 1.51. The van der Waals surface area contributed by atoms with Crippen LogP contribution in [0.3, 0.4) is 0 Å². The maximum Gasteiger partial charge on any atom is 0.495 e. The van der Waals surface area contributed by atoms with Crippen molar-refractivity contribution in [1.29, 1.82) is 0 Å². The minimum absolute atomic E-state index is 0.315. The molecule has 1 aliphatic heterocycles. The van der Waals surface area contributed by atoms with Gasteiger partial charge in [-0.2, -0.15) is 5.43 Å². The van der Waals surface area contributed by atoms with E-state index in [1.54, 1.807) is 0 Å². The third kappa shape index (κ3) is 0.485. The largest absolute Gasteiger partial charge is 0.497 e. The number of amides is 1. The van der Waals surface area contributed by atoms with Crippen molar-refractivity contribution in [3.05, 3.63) is 5.53 Å². The van der Waals surface area contributed by atoms with E-state index in [1.165, 1.54) is 0 Å². The molecule has 0 unspecified atom stereocenters. The Labute approximate surface area is 43.8 Å². The van der Waals surface area contributed by atoms with E-state index in [4.69, 9.17) is 5.53 Å². The average molecular weight is 111 g/mol. The van der Waals surface area contributed by atoms with Gasteiger partial charge in [0, 0.05) is 0 Å². The van der Waals surface area contributed by atoms with Gasteiger partial charge in [-0.3, -0.25) is 9.58 Å². The van der Waals surface area contributed by atoms with E-state index in [0.29, 0.717) is 0 Å². The van der Waals surface area contributed by atoms with Crippen LogP contribution in [0.2, 0.25) is 0 Å². The molecule has 40 valence electrons. The summed E-state index contributed by atoms with van der Waals surface area (Å²) in [4.78, 5) is 12.7. The lowest BCUT2D eigenvalue weighted by molar-refractivity contribution is -0.118. The second-order valence-corrected chi connectivity index (χ2v) is 1.06. The Morgan fingerprint density at radius 3 is 2.75 bits per heavy atom. The van der Waals surface area contributed by atoms with Crippen LogP contribution in [-0.4, -0.2) is 16.5 Å². The Morgan fingerprint density at radius 1 is 1.75 bits per heavy atom. The lowest BCUT2D eigenvalue weighted by atomic mass is 10.6. The van der Waals surface area contributed by atoms with Crippen molar-refractivity contribution >= 4 is 11.7 Å². The Balaban J connectivity index is 2.99. The maximum absolute atomic E-state index is 10.2. The molecule has 0 fully saturated rings. The quantitative estimate of drug-likeness (QED) is 0.319. The first kappa shape index (κ1) is 4.61. The number of amidine groups is 1. The minimum Gasteiger partial charge on any atom is -0.497 e.